The van der Waals surface area contributed by atoms with Crippen molar-refractivity contribution in [2.24, 2.45) is 17.8 Å². The van der Waals surface area contributed by atoms with E-state index in [1.54, 1.807) is 11.1 Å². The minimum absolute atomic E-state index is 0.881. The van der Waals surface area contributed by atoms with Crippen LogP contribution in [0.2, 0.25) is 0 Å². The van der Waals surface area contributed by atoms with Gasteiger partial charge in [-0.1, -0.05) is 97.1 Å². The van der Waals surface area contributed by atoms with Crippen LogP contribution >= 0.6 is 0 Å². The van der Waals surface area contributed by atoms with Crippen molar-refractivity contribution in [3.8, 4) is 0 Å². The maximum absolute atomic E-state index is 2.48. The molecule has 1 rings (SSSR count). The summed E-state index contributed by atoms with van der Waals surface area (Å²) in [7, 11) is 0. The van der Waals surface area contributed by atoms with Gasteiger partial charge in [-0.2, -0.15) is 0 Å². The number of rotatable bonds is 14. The summed E-state index contributed by atoms with van der Waals surface area (Å²) in [6.07, 6.45) is 17.1. The molecule has 1 aliphatic rings. The van der Waals surface area contributed by atoms with Gasteiger partial charge >= 0.3 is 0 Å². The number of unbranched alkanes of at least 4 members (excludes halogenated alkanes) is 3. The Bertz CT molecular complexity index is 310. The predicted molar refractivity (Wildman–Crippen MR) is 101 cm³/mol. The third kappa shape index (κ3) is 8.39. The second kappa shape index (κ2) is 11.3. The summed E-state index contributed by atoms with van der Waals surface area (Å²) in [5.41, 5.74) is 3.57. The first-order valence-corrected chi connectivity index (χ1v) is 10.3. The molecule has 2 atom stereocenters. The average molecular weight is 307 g/mol. The van der Waals surface area contributed by atoms with Crippen molar-refractivity contribution in [1.29, 1.82) is 0 Å². The standard InChI is InChI=1S/C22H42/c1-6-19(5)21(15-12-11-13-18(3)4)14-9-8-10-16-22-17-20(22)7-2/h18-19,21H,6-17H2,1-5H3. The average Bonchev–Trinajstić information content (AvgIpc) is 3.26. The largest absolute Gasteiger partial charge is 0.0669 e. The Morgan fingerprint density at radius 3 is 1.95 bits per heavy atom. The second-order valence-electron chi connectivity index (χ2n) is 8.16. The minimum Gasteiger partial charge on any atom is -0.0669 e. The molecule has 0 bridgehead atoms. The summed E-state index contributed by atoms with van der Waals surface area (Å²) in [5.74, 6) is 2.80. The maximum atomic E-state index is 2.48. The summed E-state index contributed by atoms with van der Waals surface area (Å²) in [5, 5.41) is 0. The normalized spacial score (nSPS) is 17.2. The molecule has 0 aromatic heterocycles. The van der Waals surface area contributed by atoms with Crippen LogP contribution in [0.5, 0.6) is 0 Å². The van der Waals surface area contributed by atoms with Gasteiger partial charge in [-0.05, 0) is 43.4 Å². The van der Waals surface area contributed by atoms with Gasteiger partial charge in [0.2, 0.25) is 0 Å². The van der Waals surface area contributed by atoms with E-state index in [0.717, 1.165) is 17.8 Å². The van der Waals surface area contributed by atoms with Crippen molar-refractivity contribution in [1.82, 2.24) is 0 Å². The second-order valence-corrected chi connectivity index (χ2v) is 8.16. The van der Waals surface area contributed by atoms with Crippen molar-refractivity contribution in [3.63, 3.8) is 0 Å². The lowest BCUT2D eigenvalue weighted by atomic mass is 9.83. The highest BCUT2D eigenvalue weighted by Crippen LogP contribution is 2.37. The molecule has 0 saturated carbocycles. The third-order valence-electron chi connectivity index (χ3n) is 5.84. The molecule has 0 aliphatic heterocycles. The fraction of sp³-hybridized carbons (Fsp3) is 0.909. The molecule has 1 aliphatic carbocycles. The zero-order chi connectivity index (χ0) is 16.4. The Morgan fingerprint density at radius 2 is 1.41 bits per heavy atom. The van der Waals surface area contributed by atoms with Gasteiger partial charge in [-0.3, -0.25) is 0 Å². The molecule has 22 heavy (non-hydrogen) atoms. The van der Waals surface area contributed by atoms with E-state index in [0.29, 0.717) is 0 Å². The van der Waals surface area contributed by atoms with Crippen LogP contribution in [0.15, 0.2) is 11.1 Å². The van der Waals surface area contributed by atoms with Crippen LogP contribution in [0, 0.1) is 17.8 Å². The Labute approximate surface area is 141 Å². The summed E-state index contributed by atoms with van der Waals surface area (Å²) in [6.45, 7) is 11.9. The van der Waals surface area contributed by atoms with Crippen molar-refractivity contribution in [2.45, 2.75) is 112 Å². The van der Waals surface area contributed by atoms with Crippen molar-refractivity contribution < 1.29 is 0 Å². The molecular weight excluding hydrogens is 264 g/mol. The lowest BCUT2D eigenvalue weighted by molar-refractivity contribution is 0.287. The highest BCUT2D eigenvalue weighted by Gasteiger charge is 2.18. The molecule has 0 saturated heterocycles. The first-order valence-electron chi connectivity index (χ1n) is 10.3. The predicted octanol–water partition coefficient (Wildman–Crippen LogP) is 7.93. The van der Waals surface area contributed by atoms with E-state index < -0.39 is 0 Å². The molecule has 130 valence electrons. The molecule has 0 spiro atoms. The van der Waals surface area contributed by atoms with Crippen LogP contribution in [0.25, 0.3) is 0 Å². The smallest absolute Gasteiger partial charge is 0.0103 e. The maximum Gasteiger partial charge on any atom is -0.0103 e. The zero-order valence-electron chi connectivity index (χ0n) is 16.2. The van der Waals surface area contributed by atoms with Crippen molar-refractivity contribution >= 4 is 0 Å². The van der Waals surface area contributed by atoms with Crippen LogP contribution in [-0.4, -0.2) is 0 Å². The summed E-state index contributed by atoms with van der Waals surface area (Å²) in [6, 6.07) is 0. The molecule has 0 amide bonds. The Balaban J connectivity index is 2.11. The Morgan fingerprint density at radius 1 is 0.773 bits per heavy atom. The molecule has 0 heteroatoms. The molecule has 0 fully saturated rings. The Hall–Kier alpha value is -0.260. The number of hydrogen-bond acceptors (Lipinski definition) is 0. The first kappa shape index (κ1) is 19.8. The van der Waals surface area contributed by atoms with E-state index in [9.17, 15) is 0 Å². The SMILES string of the molecule is CCC1=C(CCCCCC(CCCCC(C)C)C(C)CC)C1. The zero-order valence-corrected chi connectivity index (χ0v) is 16.2. The van der Waals surface area contributed by atoms with Crippen LogP contribution in [0.3, 0.4) is 0 Å². The van der Waals surface area contributed by atoms with E-state index in [4.69, 9.17) is 0 Å². The third-order valence-corrected chi connectivity index (χ3v) is 5.84. The van der Waals surface area contributed by atoms with Gasteiger partial charge in [0.15, 0.2) is 0 Å². The summed E-state index contributed by atoms with van der Waals surface area (Å²) < 4.78 is 0. The van der Waals surface area contributed by atoms with Crippen molar-refractivity contribution in [3.05, 3.63) is 11.1 Å². The van der Waals surface area contributed by atoms with E-state index in [2.05, 4.69) is 34.6 Å². The molecule has 0 heterocycles. The fourth-order valence-corrected chi connectivity index (χ4v) is 3.78. The lowest BCUT2D eigenvalue weighted by Crippen LogP contribution is -2.11. The highest BCUT2D eigenvalue weighted by atomic mass is 14.2. The molecular formula is C22H42. The van der Waals surface area contributed by atoms with Crippen LogP contribution in [0.4, 0.5) is 0 Å². The monoisotopic (exact) mass is 306 g/mol. The molecule has 2 unspecified atom stereocenters. The van der Waals surface area contributed by atoms with Gasteiger partial charge in [0.25, 0.3) is 0 Å². The topological polar surface area (TPSA) is 0 Å². The molecule has 0 aromatic carbocycles. The van der Waals surface area contributed by atoms with Gasteiger partial charge in [0.1, 0.15) is 0 Å². The molecule has 0 nitrogen and oxygen atoms in total. The van der Waals surface area contributed by atoms with Crippen LogP contribution < -0.4 is 0 Å². The minimum atomic E-state index is 0.881. The van der Waals surface area contributed by atoms with E-state index in [-0.39, 0.29) is 0 Å². The van der Waals surface area contributed by atoms with Gasteiger partial charge in [0.05, 0.1) is 0 Å². The fourth-order valence-electron chi connectivity index (χ4n) is 3.78. The van der Waals surface area contributed by atoms with Gasteiger partial charge in [0, 0.05) is 0 Å². The van der Waals surface area contributed by atoms with E-state index in [1.165, 1.54) is 77.0 Å². The summed E-state index contributed by atoms with van der Waals surface area (Å²) >= 11 is 0. The lowest BCUT2D eigenvalue weighted by Gasteiger charge is -2.23. The van der Waals surface area contributed by atoms with Gasteiger partial charge in [-0.15, -0.1) is 0 Å². The van der Waals surface area contributed by atoms with Gasteiger partial charge < -0.3 is 0 Å². The van der Waals surface area contributed by atoms with E-state index >= 15 is 0 Å². The summed E-state index contributed by atoms with van der Waals surface area (Å²) in [4.78, 5) is 0. The Kier molecular flexibility index (Phi) is 10.2. The molecule has 0 N–H and O–H groups in total. The van der Waals surface area contributed by atoms with Crippen molar-refractivity contribution in [2.75, 3.05) is 0 Å². The van der Waals surface area contributed by atoms with E-state index in [1.807, 2.05) is 0 Å². The van der Waals surface area contributed by atoms with Crippen LogP contribution in [-0.2, 0) is 0 Å². The molecule has 0 radical (unpaired) electrons. The first-order chi connectivity index (χ1) is 10.6. The quantitative estimate of drug-likeness (QED) is 0.226. The highest BCUT2D eigenvalue weighted by molar-refractivity contribution is 5.34. The van der Waals surface area contributed by atoms with Crippen LogP contribution in [0.1, 0.15) is 112 Å². The van der Waals surface area contributed by atoms with Gasteiger partial charge in [-0.25, -0.2) is 0 Å². The number of hydrogen-bond donors (Lipinski definition) is 0. The number of allylic oxidation sites excluding steroid dienone is 2. The molecule has 0 aromatic rings.